The molecular formula is C21H23NO5. The van der Waals surface area contributed by atoms with E-state index in [1.807, 2.05) is 0 Å². The standard InChI is InChI=1S/C21H23NO5/c1-15-7-5-11-18(20(15)24)21(25)27-14-19(23)22(13-17-10-6-12-26-17)16-8-3-2-4-9-16/h5-8,10-12,24H,2-4,9,13-14H2,1H3. The van der Waals surface area contributed by atoms with Crippen molar-refractivity contribution in [2.75, 3.05) is 6.61 Å². The number of furan rings is 1. The van der Waals surface area contributed by atoms with Crippen LogP contribution in [0.4, 0.5) is 0 Å². The van der Waals surface area contributed by atoms with Crippen LogP contribution in [0.5, 0.6) is 5.75 Å². The Bertz CT molecular complexity index is 838. The van der Waals surface area contributed by atoms with Gasteiger partial charge in [0, 0.05) is 5.70 Å². The number of phenols is 1. The maximum absolute atomic E-state index is 12.8. The highest BCUT2D eigenvalue weighted by Crippen LogP contribution is 2.24. The molecule has 2 aromatic rings. The van der Waals surface area contributed by atoms with Gasteiger partial charge >= 0.3 is 5.97 Å². The molecule has 0 saturated carbocycles. The van der Waals surface area contributed by atoms with Gasteiger partial charge in [-0.2, -0.15) is 0 Å². The SMILES string of the molecule is Cc1cccc(C(=O)OCC(=O)N(Cc2ccco2)C2=CCCCC2)c1O. The normalized spacial score (nSPS) is 13.7. The van der Waals surface area contributed by atoms with Gasteiger partial charge in [-0.3, -0.25) is 4.79 Å². The second kappa shape index (κ2) is 8.58. The monoisotopic (exact) mass is 369 g/mol. The van der Waals surface area contributed by atoms with Gasteiger partial charge in [0.25, 0.3) is 5.91 Å². The first kappa shape index (κ1) is 18.8. The number of esters is 1. The highest BCUT2D eigenvalue weighted by Gasteiger charge is 2.23. The van der Waals surface area contributed by atoms with E-state index in [0.29, 0.717) is 17.9 Å². The molecule has 0 unspecified atom stereocenters. The number of aromatic hydroxyl groups is 1. The van der Waals surface area contributed by atoms with Crippen LogP contribution in [0, 0.1) is 6.92 Å². The van der Waals surface area contributed by atoms with Gasteiger partial charge in [0.2, 0.25) is 0 Å². The molecule has 142 valence electrons. The molecule has 6 nitrogen and oxygen atoms in total. The third-order valence-electron chi connectivity index (χ3n) is 4.59. The summed E-state index contributed by atoms with van der Waals surface area (Å²) in [6.07, 6.45) is 7.47. The smallest absolute Gasteiger partial charge is 0.342 e. The highest BCUT2D eigenvalue weighted by molar-refractivity contribution is 5.94. The number of aryl methyl sites for hydroxylation is 1. The number of benzene rings is 1. The van der Waals surface area contributed by atoms with Crippen LogP contribution < -0.4 is 0 Å². The summed E-state index contributed by atoms with van der Waals surface area (Å²) in [7, 11) is 0. The molecule has 6 heteroatoms. The lowest BCUT2D eigenvalue weighted by molar-refractivity contribution is -0.133. The fraction of sp³-hybridized carbons (Fsp3) is 0.333. The second-order valence-electron chi connectivity index (χ2n) is 6.55. The van der Waals surface area contributed by atoms with Gasteiger partial charge in [0.15, 0.2) is 6.61 Å². The molecule has 0 spiro atoms. The van der Waals surface area contributed by atoms with Crippen molar-refractivity contribution in [3.8, 4) is 5.75 Å². The van der Waals surface area contributed by atoms with Gasteiger partial charge < -0.3 is 19.2 Å². The van der Waals surface area contributed by atoms with Crippen molar-refractivity contribution in [3.05, 3.63) is 65.3 Å². The fourth-order valence-electron chi connectivity index (χ4n) is 3.08. The number of hydrogen-bond acceptors (Lipinski definition) is 5. The van der Waals surface area contributed by atoms with E-state index in [4.69, 9.17) is 9.15 Å². The summed E-state index contributed by atoms with van der Waals surface area (Å²) >= 11 is 0. The minimum Gasteiger partial charge on any atom is -0.507 e. The van der Waals surface area contributed by atoms with Gasteiger partial charge in [-0.05, 0) is 56.4 Å². The number of para-hydroxylation sites is 1. The minimum absolute atomic E-state index is 0.0530. The van der Waals surface area contributed by atoms with Gasteiger partial charge in [-0.15, -0.1) is 0 Å². The summed E-state index contributed by atoms with van der Waals surface area (Å²) in [4.78, 5) is 26.6. The predicted octanol–water partition coefficient (Wildman–Crippen LogP) is 3.94. The summed E-state index contributed by atoms with van der Waals surface area (Å²) in [5, 5.41) is 10.00. The highest BCUT2D eigenvalue weighted by atomic mass is 16.5. The lowest BCUT2D eigenvalue weighted by atomic mass is 10.0. The van der Waals surface area contributed by atoms with E-state index in [1.165, 1.54) is 6.07 Å². The van der Waals surface area contributed by atoms with Crippen molar-refractivity contribution in [2.45, 2.75) is 39.2 Å². The zero-order chi connectivity index (χ0) is 19.2. The molecule has 0 bridgehead atoms. The van der Waals surface area contributed by atoms with E-state index >= 15 is 0 Å². The number of ether oxygens (including phenoxy) is 1. The summed E-state index contributed by atoms with van der Waals surface area (Å²) < 4.78 is 10.5. The topological polar surface area (TPSA) is 80.0 Å². The number of carbonyl (C=O) groups excluding carboxylic acids is 2. The average molecular weight is 369 g/mol. The Labute approximate surface area is 158 Å². The quantitative estimate of drug-likeness (QED) is 0.780. The number of rotatable bonds is 6. The predicted molar refractivity (Wildman–Crippen MR) is 98.9 cm³/mol. The molecule has 0 radical (unpaired) electrons. The zero-order valence-electron chi connectivity index (χ0n) is 15.3. The van der Waals surface area contributed by atoms with Crippen molar-refractivity contribution in [1.82, 2.24) is 4.90 Å². The Kier molecular flexibility index (Phi) is 5.96. The molecule has 3 rings (SSSR count). The lowest BCUT2D eigenvalue weighted by Gasteiger charge is -2.27. The van der Waals surface area contributed by atoms with Crippen molar-refractivity contribution in [1.29, 1.82) is 0 Å². The van der Waals surface area contributed by atoms with Gasteiger partial charge in [0.1, 0.15) is 17.1 Å². The minimum atomic E-state index is -0.722. The van der Waals surface area contributed by atoms with E-state index in [0.717, 1.165) is 31.4 Å². The molecule has 1 aliphatic carbocycles. The Morgan fingerprint density at radius 3 is 2.78 bits per heavy atom. The number of allylic oxidation sites excluding steroid dienone is 2. The van der Waals surface area contributed by atoms with Crippen LogP contribution in [0.3, 0.4) is 0 Å². The second-order valence-corrected chi connectivity index (χ2v) is 6.55. The van der Waals surface area contributed by atoms with E-state index in [1.54, 1.807) is 42.4 Å². The van der Waals surface area contributed by atoms with Crippen LogP contribution in [0.2, 0.25) is 0 Å². The van der Waals surface area contributed by atoms with E-state index in [9.17, 15) is 14.7 Å². The average Bonchev–Trinajstić information content (AvgIpc) is 3.20. The summed E-state index contributed by atoms with van der Waals surface area (Å²) in [6.45, 7) is 1.59. The lowest BCUT2D eigenvalue weighted by Crippen LogP contribution is -2.34. The number of hydrogen-bond donors (Lipinski definition) is 1. The first-order valence-electron chi connectivity index (χ1n) is 9.03. The molecule has 1 aromatic heterocycles. The first-order valence-corrected chi connectivity index (χ1v) is 9.03. The van der Waals surface area contributed by atoms with Crippen molar-refractivity contribution in [3.63, 3.8) is 0 Å². The number of amides is 1. The maximum Gasteiger partial charge on any atom is 0.342 e. The summed E-state index contributed by atoms with van der Waals surface area (Å²) in [6, 6.07) is 8.40. The zero-order valence-corrected chi connectivity index (χ0v) is 15.3. The Hall–Kier alpha value is -3.02. The fourth-order valence-corrected chi connectivity index (χ4v) is 3.08. The Balaban J connectivity index is 1.69. The number of carbonyl (C=O) groups is 2. The molecule has 0 fully saturated rings. The summed E-state index contributed by atoms with van der Waals surface area (Å²) in [5.74, 6) is -0.505. The molecular weight excluding hydrogens is 346 g/mol. The van der Waals surface area contributed by atoms with Crippen LogP contribution in [0.15, 0.2) is 52.8 Å². The molecule has 0 saturated heterocycles. The Morgan fingerprint density at radius 1 is 1.22 bits per heavy atom. The largest absolute Gasteiger partial charge is 0.507 e. The number of nitrogens with zero attached hydrogens (tertiary/aromatic N) is 1. The molecule has 1 aliphatic rings. The Morgan fingerprint density at radius 2 is 2.07 bits per heavy atom. The van der Waals surface area contributed by atoms with Crippen LogP contribution in [-0.4, -0.2) is 28.5 Å². The van der Waals surface area contributed by atoms with Crippen LogP contribution in [0.25, 0.3) is 0 Å². The van der Waals surface area contributed by atoms with Gasteiger partial charge in [-0.25, -0.2) is 4.79 Å². The maximum atomic E-state index is 12.8. The summed E-state index contributed by atoms with van der Waals surface area (Å²) in [5.41, 5.74) is 1.55. The first-order chi connectivity index (χ1) is 13.1. The number of phenolic OH excluding ortho intramolecular Hbond substituents is 1. The molecule has 1 aromatic carbocycles. The molecule has 1 N–H and O–H groups in total. The molecule has 1 heterocycles. The van der Waals surface area contributed by atoms with Crippen LogP contribution >= 0.6 is 0 Å². The molecule has 1 amide bonds. The van der Waals surface area contributed by atoms with Gasteiger partial charge in [0.05, 0.1) is 12.8 Å². The third-order valence-corrected chi connectivity index (χ3v) is 4.59. The van der Waals surface area contributed by atoms with Crippen LogP contribution in [0.1, 0.15) is 47.4 Å². The van der Waals surface area contributed by atoms with Crippen LogP contribution in [-0.2, 0) is 16.1 Å². The van der Waals surface area contributed by atoms with Crippen molar-refractivity contribution in [2.24, 2.45) is 0 Å². The molecule has 0 atom stereocenters. The van der Waals surface area contributed by atoms with E-state index in [2.05, 4.69) is 6.08 Å². The van der Waals surface area contributed by atoms with E-state index < -0.39 is 12.6 Å². The molecule has 27 heavy (non-hydrogen) atoms. The van der Waals surface area contributed by atoms with Crippen molar-refractivity contribution < 1.29 is 23.8 Å². The molecule has 0 aliphatic heterocycles. The third kappa shape index (κ3) is 4.58. The van der Waals surface area contributed by atoms with Crippen molar-refractivity contribution >= 4 is 11.9 Å². The van der Waals surface area contributed by atoms with Gasteiger partial charge in [-0.1, -0.05) is 18.2 Å². The van der Waals surface area contributed by atoms with E-state index in [-0.39, 0.29) is 17.2 Å².